The van der Waals surface area contributed by atoms with E-state index in [2.05, 4.69) is 0 Å². The molecular formula is C19H30N2O12. The van der Waals surface area contributed by atoms with Crippen LogP contribution in [0.15, 0.2) is 21.9 Å². The standard InChI is InChI=1S/C19H30N2O12/c22-7-9-11(25)12(26)15(29)18(32-9)31-6-2-1-3-8(23)16-13(27)14(28)17(33-16)21-5-4-10(24)20-19(21)30/h4-5,8-9,11-18,22-23,25-29H,1-3,6-7H2,(H,20,24,30)/t8-,9+,11-,12-,13-,14+,15+,16+,17+,18-/m0/s1. The van der Waals surface area contributed by atoms with E-state index >= 15 is 0 Å². The first-order valence-electron chi connectivity index (χ1n) is 10.6. The van der Waals surface area contributed by atoms with Gasteiger partial charge in [-0.2, -0.15) is 0 Å². The predicted octanol–water partition coefficient (Wildman–Crippen LogP) is -4.50. The van der Waals surface area contributed by atoms with Crippen LogP contribution in [-0.4, -0.2) is 114 Å². The molecule has 2 saturated heterocycles. The van der Waals surface area contributed by atoms with E-state index < -0.39 is 79.2 Å². The van der Waals surface area contributed by atoms with E-state index in [1.54, 1.807) is 0 Å². The Morgan fingerprint density at radius 3 is 2.39 bits per heavy atom. The lowest BCUT2D eigenvalue weighted by Gasteiger charge is -2.39. The van der Waals surface area contributed by atoms with Crippen molar-refractivity contribution in [3.8, 4) is 0 Å². The molecule has 0 saturated carbocycles. The molecule has 188 valence electrons. The summed E-state index contributed by atoms with van der Waals surface area (Å²) in [6, 6.07) is 1.06. The number of hydrogen-bond donors (Lipinski definition) is 8. The second-order valence-electron chi connectivity index (χ2n) is 8.12. The van der Waals surface area contributed by atoms with E-state index in [-0.39, 0.29) is 13.0 Å². The Hall–Kier alpha value is -1.72. The molecule has 0 aromatic carbocycles. The summed E-state index contributed by atoms with van der Waals surface area (Å²) >= 11 is 0. The van der Waals surface area contributed by atoms with E-state index in [4.69, 9.17) is 14.2 Å². The monoisotopic (exact) mass is 478 g/mol. The van der Waals surface area contributed by atoms with Crippen molar-refractivity contribution in [3.05, 3.63) is 33.1 Å². The molecule has 0 spiro atoms. The molecule has 0 unspecified atom stereocenters. The Balaban J connectivity index is 1.45. The van der Waals surface area contributed by atoms with Crippen molar-refractivity contribution in [2.24, 2.45) is 0 Å². The average molecular weight is 478 g/mol. The van der Waals surface area contributed by atoms with Crippen LogP contribution in [0.25, 0.3) is 0 Å². The fraction of sp³-hybridized carbons (Fsp3) is 0.789. The summed E-state index contributed by atoms with van der Waals surface area (Å²) in [5.74, 6) is 0. The minimum Gasteiger partial charge on any atom is -0.394 e. The van der Waals surface area contributed by atoms with Gasteiger partial charge in [0, 0.05) is 18.9 Å². The Kier molecular flexibility index (Phi) is 8.74. The summed E-state index contributed by atoms with van der Waals surface area (Å²) < 4.78 is 17.0. The normalized spacial score (nSPS) is 37.8. The molecule has 2 aliphatic heterocycles. The van der Waals surface area contributed by atoms with Crippen LogP contribution in [0.1, 0.15) is 25.5 Å². The third-order valence-electron chi connectivity index (χ3n) is 5.80. The lowest BCUT2D eigenvalue weighted by atomic mass is 9.99. The van der Waals surface area contributed by atoms with Crippen LogP contribution in [0.2, 0.25) is 0 Å². The fourth-order valence-corrected chi connectivity index (χ4v) is 3.89. The molecule has 10 atom stereocenters. The van der Waals surface area contributed by atoms with Crippen LogP contribution in [-0.2, 0) is 14.2 Å². The lowest BCUT2D eigenvalue weighted by Crippen LogP contribution is -2.59. The third-order valence-corrected chi connectivity index (χ3v) is 5.80. The van der Waals surface area contributed by atoms with Gasteiger partial charge in [-0.1, -0.05) is 0 Å². The molecular weight excluding hydrogens is 448 g/mol. The highest BCUT2D eigenvalue weighted by Gasteiger charge is 2.47. The minimum atomic E-state index is -1.54. The van der Waals surface area contributed by atoms with Crippen LogP contribution in [0, 0.1) is 0 Å². The van der Waals surface area contributed by atoms with E-state index in [0.29, 0.717) is 12.8 Å². The topological polar surface area (TPSA) is 224 Å². The van der Waals surface area contributed by atoms with Gasteiger partial charge < -0.3 is 50.0 Å². The first-order valence-corrected chi connectivity index (χ1v) is 10.6. The number of aliphatic hydroxyl groups excluding tert-OH is 7. The van der Waals surface area contributed by atoms with E-state index in [1.165, 1.54) is 0 Å². The van der Waals surface area contributed by atoms with Gasteiger partial charge in [0.15, 0.2) is 12.5 Å². The molecule has 14 nitrogen and oxygen atoms in total. The summed E-state index contributed by atoms with van der Waals surface area (Å²) in [7, 11) is 0. The van der Waals surface area contributed by atoms with Crippen LogP contribution < -0.4 is 11.2 Å². The number of rotatable bonds is 9. The average Bonchev–Trinajstić information content (AvgIpc) is 3.07. The second-order valence-corrected chi connectivity index (χ2v) is 8.12. The smallest absolute Gasteiger partial charge is 0.330 e. The Bertz CT molecular complexity index is 875. The zero-order chi connectivity index (χ0) is 24.3. The highest BCUT2D eigenvalue weighted by molar-refractivity contribution is 4.95. The maximum absolute atomic E-state index is 11.9. The molecule has 33 heavy (non-hydrogen) atoms. The number of nitrogens with one attached hydrogen (secondary N) is 1. The maximum Gasteiger partial charge on any atom is 0.330 e. The first kappa shape index (κ1) is 25.9. The third kappa shape index (κ3) is 5.68. The van der Waals surface area contributed by atoms with Gasteiger partial charge in [-0.05, 0) is 19.3 Å². The molecule has 2 fully saturated rings. The predicted molar refractivity (Wildman–Crippen MR) is 107 cm³/mol. The maximum atomic E-state index is 11.9. The van der Waals surface area contributed by atoms with Crippen molar-refractivity contribution in [3.63, 3.8) is 0 Å². The zero-order valence-electron chi connectivity index (χ0n) is 17.6. The SMILES string of the molecule is O=c1ccn([C@@H]2O[C@H]([C@@H](O)CCCCO[C@H]3O[C@H](CO)[C@H](O)[C@H](O)[C@H]3O)[C@@H](O)[C@H]2O)c(=O)[nH]1. The molecule has 3 rings (SSSR count). The van der Waals surface area contributed by atoms with Crippen LogP contribution >= 0.6 is 0 Å². The molecule has 2 aliphatic rings. The van der Waals surface area contributed by atoms with Gasteiger partial charge in [-0.25, -0.2) is 4.79 Å². The number of ether oxygens (including phenoxy) is 3. The number of unbranched alkanes of at least 4 members (excludes halogenated alkanes) is 1. The van der Waals surface area contributed by atoms with Gasteiger partial charge in [0.2, 0.25) is 0 Å². The molecule has 0 amide bonds. The van der Waals surface area contributed by atoms with Crippen LogP contribution in [0.3, 0.4) is 0 Å². The van der Waals surface area contributed by atoms with Gasteiger partial charge in [-0.15, -0.1) is 0 Å². The molecule has 0 aliphatic carbocycles. The largest absolute Gasteiger partial charge is 0.394 e. The summed E-state index contributed by atoms with van der Waals surface area (Å²) in [5, 5.41) is 69.5. The zero-order valence-corrected chi connectivity index (χ0v) is 17.6. The highest BCUT2D eigenvalue weighted by Crippen LogP contribution is 2.31. The van der Waals surface area contributed by atoms with Crippen molar-refractivity contribution in [2.45, 2.75) is 80.6 Å². The lowest BCUT2D eigenvalue weighted by molar-refractivity contribution is -0.301. The van der Waals surface area contributed by atoms with Crippen molar-refractivity contribution in [1.29, 1.82) is 0 Å². The second kappa shape index (κ2) is 11.1. The van der Waals surface area contributed by atoms with Gasteiger partial charge in [0.05, 0.1) is 12.7 Å². The number of aromatic nitrogens is 2. The number of aliphatic hydroxyl groups is 7. The Morgan fingerprint density at radius 2 is 1.73 bits per heavy atom. The molecule has 14 heteroatoms. The Labute approximate surface area is 187 Å². The Morgan fingerprint density at radius 1 is 1.00 bits per heavy atom. The molecule has 8 N–H and O–H groups in total. The van der Waals surface area contributed by atoms with Crippen molar-refractivity contribution < 1.29 is 50.0 Å². The summed E-state index contributed by atoms with van der Waals surface area (Å²) in [4.78, 5) is 25.1. The summed E-state index contributed by atoms with van der Waals surface area (Å²) in [6.07, 6.45) is -11.5. The number of aromatic amines is 1. The summed E-state index contributed by atoms with van der Waals surface area (Å²) in [6.45, 7) is -0.514. The van der Waals surface area contributed by atoms with Gasteiger partial charge in [-0.3, -0.25) is 14.3 Å². The van der Waals surface area contributed by atoms with Gasteiger partial charge >= 0.3 is 5.69 Å². The van der Waals surface area contributed by atoms with Crippen molar-refractivity contribution in [2.75, 3.05) is 13.2 Å². The molecule has 1 aromatic heterocycles. The summed E-state index contributed by atoms with van der Waals surface area (Å²) in [5.41, 5.74) is -1.47. The highest BCUT2D eigenvalue weighted by atomic mass is 16.7. The van der Waals surface area contributed by atoms with E-state index in [9.17, 15) is 45.3 Å². The quantitative estimate of drug-likeness (QED) is 0.157. The molecule has 1 aromatic rings. The van der Waals surface area contributed by atoms with Gasteiger partial charge in [0.25, 0.3) is 5.56 Å². The van der Waals surface area contributed by atoms with Crippen molar-refractivity contribution >= 4 is 0 Å². The number of hydrogen-bond acceptors (Lipinski definition) is 12. The minimum absolute atomic E-state index is 0.0571. The first-order chi connectivity index (χ1) is 15.6. The number of nitrogens with zero attached hydrogens (tertiary/aromatic N) is 1. The van der Waals surface area contributed by atoms with E-state index in [1.807, 2.05) is 4.98 Å². The molecule has 0 radical (unpaired) electrons. The van der Waals surface area contributed by atoms with E-state index in [0.717, 1.165) is 16.8 Å². The molecule has 0 bridgehead atoms. The van der Waals surface area contributed by atoms with Crippen LogP contribution in [0.4, 0.5) is 0 Å². The van der Waals surface area contributed by atoms with Crippen molar-refractivity contribution in [1.82, 2.24) is 9.55 Å². The number of H-pyrrole nitrogens is 1. The fourth-order valence-electron chi connectivity index (χ4n) is 3.89. The molecule has 3 heterocycles. The van der Waals surface area contributed by atoms with Gasteiger partial charge in [0.1, 0.15) is 42.7 Å². The van der Waals surface area contributed by atoms with Crippen LogP contribution in [0.5, 0.6) is 0 Å².